The lowest BCUT2D eigenvalue weighted by molar-refractivity contribution is 0.498. The Morgan fingerprint density at radius 2 is 1.56 bits per heavy atom. The van der Waals surface area contributed by atoms with Gasteiger partial charge >= 0.3 is 0 Å². The zero-order valence-electron chi connectivity index (χ0n) is 12.7. The summed E-state index contributed by atoms with van der Waals surface area (Å²) in [5, 5.41) is 3.63. The maximum Gasteiger partial charge on any atom is 0.0291 e. The molecular formula is C17H29N. The van der Waals surface area contributed by atoms with Crippen LogP contribution in [0.15, 0.2) is 18.2 Å². The SMILES string of the molecule is Cc1cc(C)cc(C(C)NCCCCC(C)C)c1. The topological polar surface area (TPSA) is 12.0 Å². The van der Waals surface area contributed by atoms with E-state index >= 15 is 0 Å². The first-order valence-corrected chi connectivity index (χ1v) is 7.30. The van der Waals surface area contributed by atoms with Gasteiger partial charge in [0.2, 0.25) is 0 Å². The molecule has 0 spiro atoms. The highest BCUT2D eigenvalue weighted by Crippen LogP contribution is 2.16. The van der Waals surface area contributed by atoms with Gasteiger partial charge in [0.15, 0.2) is 0 Å². The van der Waals surface area contributed by atoms with E-state index in [-0.39, 0.29) is 0 Å². The number of aryl methyl sites for hydroxylation is 2. The molecule has 18 heavy (non-hydrogen) atoms. The van der Waals surface area contributed by atoms with E-state index in [0.717, 1.165) is 12.5 Å². The van der Waals surface area contributed by atoms with Crippen molar-refractivity contribution in [3.8, 4) is 0 Å². The number of hydrogen-bond acceptors (Lipinski definition) is 1. The van der Waals surface area contributed by atoms with Crippen LogP contribution in [0.4, 0.5) is 0 Å². The molecule has 0 saturated carbocycles. The van der Waals surface area contributed by atoms with Crippen molar-refractivity contribution in [1.82, 2.24) is 5.32 Å². The first kappa shape index (κ1) is 15.2. The summed E-state index contributed by atoms with van der Waals surface area (Å²) in [5.74, 6) is 0.835. The van der Waals surface area contributed by atoms with Gasteiger partial charge in [-0.1, -0.05) is 56.0 Å². The van der Waals surface area contributed by atoms with Crippen molar-refractivity contribution in [3.05, 3.63) is 34.9 Å². The predicted molar refractivity (Wildman–Crippen MR) is 81.0 cm³/mol. The van der Waals surface area contributed by atoms with Crippen molar-refractivity contribution in [1.29, 1.82) is 0 Å². The Bertz CT molecular complexity index is 334. The second-order valence-electron chi connectivity index (χ2n) is 5.99. The third kappa shape index (κ3) is 5.68. The Labute approximate surface area is 113 Å². The molecular weight excluding hydrogens is 218 g/mol. The minimum absolute atomic E-state index is 0.461. The molecule has 1 rings (SSSR count). The Balaban J connectivity index is 2.34. The number of rotatable bonds is 7. The van der Waals surface area contributed by atoms with Gasteiger partial charge in [0.25, 0.3) is 0 Å². The molecule has 1 atom stereocenters. The second kappa shape index (κ2) is 7.58. The van der Waals surface area contributed by atoms with Crippen LogP contribution in [0.1, 0.15) is 62.8 Å². The lowest BCUT2D eigenvalue weighted by atomic mass is 10.0. The Kier molecular flexibility index (Phi) is 6.42. The third-order valence-corrected chi connectivity index (χ3v) is 3.40. The molecule has 1 aromatic rings. The fraction of sp³-hybridized carbons (Fsp3) is 0.647. The fourth-order valence-electron chi connectivity index (χ4n) is 2.37. The maximum atomic E-state index is 3.63. The Hall–Kier alpha value is -0.820. The van der Waals surface area contributed by atoms with Crippen LogP contribution >= 0.6 is 0 Å². The quantitative estimate of drug-likeness (QED) is 0.684. The van der Waals surface area contributed by atoms with E-state index in [0.29, 0.717) is 6.04 Å². The lowest BCUT2D eigenvalue weighted by Gasteiger charge is -2.16. The minimum Gasteiger partial charge on any atom is -0.310 e. The van der Waals surface area contributed by atoms with Crippen molar-refractivity contribution in [2.75, 3.05) is 6.54 Å². The smallest absolute Gasteiger partial charge is 0.0291 e. The van der Waals surface area contributed by atoms with E-state index in [4.69, 9.17) is 0 Å². The van der Waals surface area contributed by atoms with Crippen molar-refractivity contribution in [2.45, 2.75) is 59.9 Å². The summed E-state index contributed by atoms with van der Waals surface area (Å²) >= 11 is 0. The van der Waals surface area contributed by atoms with Crippen LogP contribution < -0.4 is 5.32 Å². The molecule has 1 aromatic carbocycles. The largest absolute Gasteiger partial charge is 0.310 e. The minimum atomic E-state index is 0.461. The number of nitrogens with one attached hydrogen (secondary N) is 1. The van der Waals surface area contributed by atoms with E-state index in [1.165, 1.54) is 36.0 Å². The van der Waals surface area contributed by atoms with E-state index in [2.05, 4.69) is 58.1 Å². The molecule has 1 unspecified atom stereocenters. The van der Waals surface area contributed by atoms with Gasteiger partial charge in [0.05, 0.1) is 0 Å². The summed E-state index contributed by atoms with van der Waals surface area (Å²) in [5.41, 5.74) is 4.13. The maximum absolute atomic E-state index is 3.63. The number of benzene rings is 1. The van der Waals surface area contributed by atoms with Crippen molar-refractivity contribution >= 4 is 0 Å². The molecule has 0 aliphatic heterocycles. The molecule has 0 aliphatic carbocycles. The summed E-state index contributed by atoms with van der Waals surface area (Å²) in [6, 6.07) is 7.28. The fourth-order valence-corrected chi connectivity index (χ4v) is 2.37. The van der Waals surface area contributed by atoms with Gasteiger partial charge in [-0.25, -0.2) is 0 Å². The molecule has 0 aromatic heterocycles. The van der Waals surface area contributed by atoms with Gasteiger partial charge in [0, 0.05) is 6.04 Å². The van der Waals surface area contributed by atoms with E-state index in [1.807, 2.05) is 0 Å². The Morgan fingerprint density at radius 1 is 0.944 bits per heavy atom. The summed E-state index contributed by atoms with van der Waals surface area (Å²) in [6.45, 7) is 12.3. The molecule has 1 N–H and O–H groups in total. The van der Waals surface area contributed by atoms with Crippen molar-refractivity contribution < 1.29 is 0 Å². The van der Waals surface area contributed by atoms with Crippen LogP contribution in [-0.4, -0.2) is 6.54 Å². The standard InChI is InChI=1S/C17H29N/c1-13(2)8-6-7-9-18-16(5)17-11-14(3)10-15(4)12-17/h10-13,16,18H,6-9H2,1-5H3. The molecule has 0 amide bonds. The van der Waals surface area contributed by atoms with Crippen LogP contribution in [-0.2, 0) is 0 Å². The van der Waals surface area contributed by atoms with Gasteiger partial charge in [0.1, 0.15) is 0 Å². The molecule has 0 aliphatic rings. The number of hydrogen-bond donors (Lipinski definition) is 1. The average Bonchev–Trinajstić information content (AvgIpc) is 2.26. The summed E-state index contributed by atoms with van der Waals surface area (Å²) in [4.78, 5) is 0. The average molecular weight is 247 g/mol. The lowest BCUT2D eigenvalue weighted by Crippen LogP contribution is -2.20. The van der Waals surface area contributed by atoms with Crippen LogP contribution in [0.3, 0.4) is 0 Å². The molecule has 0 heterocycles. The first-order chi connectivity index (χ1) is 8.49. The van der Waals surface area contributed by atoms with Gasteiger partial charge in [-0.2, -0.15) is 0 Å². The van der Waals surface area contributed by atoms with Gasteiger partial charge < -0.3 is 5.32 Å². The highest BCUT2D eigenvalue weighted by molar-refractivity contribution is 5.30. The second-order valence-corrected chi connectivity index (χ2v) is 5.99. The zero-order valence-corrected chi connectivity index (χ0v) is 12.7. The van der Waals surface area contributed by atoms with Gasteiger partial charge in [-0.3, -0.25) is 0 Å². The highest BCUT2D eigenvalue weighted by atomic mass is 14.9. The van der Waals surface area contributed by atoms with Gasteiger partial charge in [-0.15, -0.1) is 0 Å². The van der Waals surface area contributed by atoms with Crippen LogP contribution in [0.2, 0.25) is 0 Å². The van der Waals surface area contributed by atoms with Crippen molar-refractivity contribution in [2.24, 2.45) is 5.92 Å². The molecule has 0 fully saturated rings. The van der Waals surface area contributed by atoms with Crippen LogP contribution in [0.5, 0.6) is 0 Å². The summed E-state index contributed by atoms with van der Waals surface area (Å²) in [6.07, 6.45) is 3.97. The molecule has 1 heteroatoms. The van der Waals surface area contributed by atoms with Gasteiger partial charge in [-0.05, 0) is 45.2 Å². The zero-order chi connectivity index (χ0) is 13.5. The Morgan fingerprint density at radius 3 is 2.11 bits per heavy atom. The summed E-state index contributed by atoms with van der Waals surface area (Å²) in [7, 11) is 0. The molecule has 0 bridgehead atoms. The predicted octanol–water partition coefficient (Wildman–Crippen LogP) is 4.78. The third-order valence-electron chi connectivity index (χ3n) is 3.40. The normalized spacial score (nSPS) is 13.0. The molecule has 102 valence electrons. The van der Waals surface area contributed by atoms with E-state index in [1.54, 1.807) is 0 Å². The number of unbranched alkanes of at least 4 members (excludes halogenated alkanes) is 1. The first-order valence-electron chi connectivity index (χ1n) is 7.30. The van der Waals surface area contributed by atoms with E-state index in [9.17, 15) is 0 Å². The molecule has 0 radical (unpaired) electrons. The van der Waals surface area contributed by atoms with Crippen LogP contribution in [0.25, 0.3) is 0 Å². The molecule has 0 saturated heterocycles. The summed E-state index contributed by atoms with van der Waals surface area (Å²) < 4.78 is 0. The van der Waals surface area contributed by atoms with Crippen LogP contribution in [0, 0.1) is 19.8 Å². The monoisotopic (exact) mass is 247 g/mol. The highest BCUT2D eigenvalue weighted by Gasteiger charge is 2.05. The molecule has 1 nitrogen and oxygen atoms in total. The van der Waals surface area contributed by atoms with E-state index < -0.39 is 0 Å². The van der Waals surface area contributed by atoms with Crippen molar-refractivity contribution in [3.63, 3.8) is 0 Å².